The Hall–Kier alpha value is -2.22. The lowest BCUT2D eigenvalue weighted by atomic mass is 9.74. The molecule has 10 heteroatoms. The van der Waals surface area contributed by atoms with Crippen LogP contribution in [-0.4, -0.2) is 42.0 Å². The highest BCUT2D eigenvalue weighted by molar-refractivity contribution is 6.33. The summed E-state index contributed by atoms with van der Waals surface area (Å²) in [7, 11) is 0. The van der Waals surface area contributed by atoms with Gasteiger partial charge in [0.1, 0.15) is 21.9 Å². The van der Waals surface area contributed by atoms with E-state index in [1.54, 1.807) is 17.0 Å². The number of pyridine rings is 1. The van der Waals surface area contributed by atoms with E-state index >= 15 is 0 Å². The standard InChI is InChI=1S/C27H21Cl4F2N3O/c28-17-3-6-22-19(14-17)27(15-36(22)26(37)16-12-23(29)34-24(30)13-16)7-10-35(11-8-27)9-1-2-18-20(32)4-5-21(33)25(18)31/h1-6,12-14H,7-11,15H2/b2-1+. The number of nitrogens with zero attached hydrogens (tertiary/aromatic N) is 3. The Balaban J connectivity index is 1.33. The van der Waals surface area contributed by atoms with E-state index in [2.05, 4.69) is 9.88 Å². The highest BCUT2D eigenvalue weighted by Crippen LogP contribution is 2.48. The lowest BCUT2D eigenvalue weighted by Crippen LogP contribution is -2.46. The number of aromatic nitrogens is 1. The Bertz CT molecular complexity index is 1390. The van der Waals surface area contributed by atoms with Crippen LogP contribution in [0.3, 0.4) is 0 Å². The molecule has 2 aliphatic rings. The number of amides is 1. The molecule has 1 aromatic heterocycles. The van der Waals surface area contributed by atoms with Crippen molar-refractivity contribution >= 4 is 64.1 Å². The monoisotopic (exact) mass is 581 g/mol. The molecule has 0 bridgehead atoms. The first-order valence-corrected chi connectivity index (χ1v) is 13.2. The number of carbonyl (C=O) groups is 1. The lowest BCUT2D eigenvalue weighted by Gasteiger charge is -2.39. The van der Waals surface area contributed by atoms with E-state index in [0.717, 1.165) is 49.3 Å². The summed E-state index contributed by atoms with van der Waals surface area (Å²) in [6.45, 7) is 2.57. The van der Waals surface area contributed by atoms with Crippen molar-refractivity contribution in [3.63, 3.8) is 0 Å². The maximum absolute atomic E-state index is 14.1. The van der Waals surface area contributed by atoms with E-state index in [9.17, 15) is 13.6 Å². The number of carbonyl (C=O) groups excluding carboxylic acids is 1. The van der Waals surface area contributed by atoms with E-state index in [1.807, 2.05) is 12.1 Å². The molecule has 1 saturated heterocycles. The molecular weight excluding hydrogens is 562 g/mol. The predicted molar refractivity (Wildman–Crippen MR) is 145 cm³/mol. The van der Waals surface area contributed by atoms with Crippen LogP contribution in [0.4, 0.5) is 14.5 Å². The number of fused-ring (bicyclic) bond motifs is 2. The average molecular weight is 583 g/mol. The molecule has 3 heterocycles. The van der Waals surface area contributed by atoms with Crippen molar-refractivity contribution in [2.45, 2.75) is 18.3 Å². The van der Waals surface area contributed by atoms with Gasteiger partial charge in [-0.1, -0.05) is 58.6 Å². The second-order valence-corrected chi connectivity index (χ2v) is 10.9. The maximum atomic E-state index is 14.1. The van der Waals surface area contributed by atoms with Gasteiger partial charge in [-0.2, -0.15) is 0 Å². The Morgan fingerprint density at radius 1 is 0.973 bits per heavy atom. The molecule has 0 aliphatic carbocycles. The van der Waals surface area contributed by atoms with Gasteiger partial charge in [0.15, 0.2) is 0 Å². The first-order valence-electron chi connectivity index (χ1n) is 11.6. The van der Waals surface area contributed by atoms with Gasteiger partial charge in [-0.3, -0.25) is 9.69 Å². The van der Waals surface area contributed by atoms with Crippen molar-refractivity contribution < 1.29 is 13.6 Å². The Morgan fingerprint density at radius 2 is 1.65 bits per heavy atom. The molecule has 4 nitrogen and oxygen atoms in total. The molecule has 2 aliphatic heterocycles. The van der Waals surface area contributed by atoms with Crippen molar-refractivity contribution in [3.05, 3.63) is 97.2 Å². The zero-order valence-electron chi connectivity index (χ0n) is 19.5. The third-order valence-corrected chi connectivity index (χ3v) is 8.08. The van der Waals surface area contributed by atoms with Crippen LogP contribution in [0.1, 0.15) is 34.3 Å². The minimum atomic E-state index is -0.656. The van der Waals surface area contributed by atoms with Crippen LogP contribution >= 0.6 is 46.4 Å². The van der Waals surface area contributed by atoms with Crippen LogP contribution in [0.15, 0.2) is 48.5 Å². The van der Waals surface area contributed by atoms with Gasteiger partial charge in [0.25, 0.3) is 5.91 Å². The normalized spacial score (nSPS) is 17.1. The van der Waals surface area contributed by atoms with Crippen LogP contribution in [0.2, 0.25) is 20.4 Å². The second-order valence-electron chi connectivity index (χ2n) is 9.29. The first-order chi connectivity index (χ1) is 17.7. The molecule has 37 heavy (non-hydrogen) atoms. The van der Waals surface area contributed by atoms with Gasteiger partial charge >= 0.3 is 0 Å². The number of hydrogen-bond donors (Lipinski definition) is 0. The molecule has 0 atom stereocenters. The molecule has 2 aromatic carbocycles. The minimum absolute atomic E-state index is 0.0416. The minimum Gasteiger partial charge on any atom is -0.307 e. The summed E-state index contributed by atoms with van der Waals surface area (Å²) in [5.41, 5.74) is 2.02. The van der Waals surface area contributed by atoms with Gasteiger partial charge in [0.2, 0.25) is 0 Å². The molecule has 5 rings (SSSR count). The molecular formula is C27H21Cl4F2N3O. The third-order valence-electron chi connectivity index (χ3n) is 7.08. The van der Waals surface area contributed by atoms with E-state index in [4.69, 9.17) is 46.4 Å². The fraction of sp³-hybridized carbons (Fsp3) is 0.259. The number of anilines is 1. The summed E-state index contributed by atoms with van der Waals surface area (Å²) in [5.74, 6) is -1.43. The van der Waals surface area contributed by atoms with Crippen LogP contribution in [0.25, 0.3) is 6.08 Å². The predicted octanol–water partition coefficient (Wildman–Crippen LogP) is 7.68. The van der Waals surface area contributed by atoms with Crippen LogP contribution in [-0.2, 0) is 5.41 Å². The van der Waals surface area contributed by atoms with Crippen molar-refractivity contribution in [2.24, 2.45) is 0 Å². The van der Waals surface area contributed by atoms with E-state index in [0.29, 0.717) is 23.7 Å². The van der Waals surface area contributed by atoms with E-state index in [1.165, 1.54) is 18.2 Å². The maximum Gasteiger partial charge on any atom is 0.258 e. The summed E-state index contributed by atoms with van der Waals surface area (Å²) >= 11 is 24.4. The molecule has 1 spiro atoms. The SMILES string of the molecule is O=C(c1cc(Cl)nc(Cl)c1)N1CC2(CCN(C/C=C/c3c(F)ccc(F)c3Cl)CC2)c2cc(Cl)ccc21. The molecule has 0 N–H and O–H groups in total. The van der Waals surface area contributed by atoms with Crippen LogP contribution < -0.4 is 4.90 Å². The van der Waals surface area contributed by atoms with Gasteiger partial charge in [0, 0.05) is 40.3 Å². The largest absolute Gasteiger partial charge is 0.307 e. The number of likely N-dealkylation sites (tertiary alicyclic amines) is 1. The fourth-order valence-electron chi connectivity index (χ4n) is 5.17. The van der Waals surface area contributed by atoms with Gasteiger partial charge in [-0.05, 0) is 74.0 Å². The Labute approximate surface area is 233 Å². The zero-order chi connectivity index (χ0) is 26.3. The van der Waals surface area contributed by atoms with E-state index in [-0.39, 0.29) is 32.2 Å². The zero-order valence-corrected chi connectivity index (χ0v) is 22.5. The summed E-state index contributed by atoms with van der Waals surface area (Å²) < 4.78 is 27.8. The van der Waals surface area contributed by atoms with Crippen molar-refractivity contribution in [1.29, 1.82) is 0 Å². The second kappa shape index (κ2) is 10.5. The fourth-order valence-corrected chi connectivity index (χ4v) is 6.02. The smallest absolute Gasteiger partial charge is 0.258 e. The molecule has 1 amide bonds. The number of halogens is 6. The topological polar surface area (TPSA) is 36.4 Å². The van der Waals surface area contributed by atoms with E-state index < -0.39 is 11.6 Å². The first kappa shape index (κ1) is 26.4. The molecule has 0 unspecified atom stereocenters. The molecule has 1 fully saturated rings. The molecule has 0 radical (unpaired) electrons. The summed E-state index contributed by atoms with van der Waals surface area (Å²) in [4.78, 5) is 21.4. The average Bonchev–Trinajstić information content (AvgIpc) is 3.17. The Kier molecular flexibility index (Phi) is 7.49. The van der Waals surface area contributed by atoms with Gasteiger partial charge in [-0.25, -0.2) is 13.8 Å². The molecule has 0 saturated carbocycles. The van der Waals surface area contributed by atoms with Crippen LogP contribution in [0, 0.1) is 11.6 Å². The highest BCUT2D eigenvalue weighted by Gasteiger charge is 2.46. The summed E-state index contributed by atoms with van der Waals surface area (Å²) in [6, 6.07) is 10.7. The van der Waals surface area contributed by atoms with Crippen molar-refractivity contribution in [3.8, 4) is 0 Å². The van der Waals surface area contributed by atoms with Crippen LogP contribution in [0.5, 0.6) is 0 Å². The summed E-state index contributed by atoms with van der Waals surface area (Å²) in [5, 5.41) is 0.695. The van der Waals surface area contributed by atoms with Gasteiger partial charge in [0.05, 0.1) is 5.02 Å². The number of rotatable bonds is 4. The number of benzene rings is 2. The Morgan fingerprint density at radius 3 is 2.35 bits per heavy atom. The third kappa shape index (κ3) is 5.23. The quantitative estimate of drug-likeness (QED) is 0.234. The van der Waals surface area contributed by atoms with Gasteiger partial charge < -0.3 is 4.90 Å². The lowest BCUT2D eigenvalue weighted by molar-refractivity contribution is 0.0977. The van der Waals surface area contributed by atoms with Crippen molar-refractivity contribution in [2.75, 3.05) is 31.1 Å². The summed E-state index contributed by atoms with van der Waals surface area (Å²) in [6.07, 6.45) is 4.89. The number of piperidine rings is 1. The molecule has 192 valence electrons. The highest BCUT2D eigenvalue weighted by atomic mass is 35.5. The van der Waals surface area contributed by atoms with Crippen molar-refractivity contribution in [1.82, 2.24) is 9.88 Å². The molecule has 3 aromatic rings. The van der Waals surface area contributed by atoms with Gasteiger partial charge in [-0.15, -0.1) is 0 Å². The number of hydrogen-bond acceptors (Lipinski definition) is 3.